The number of aromatic nitrogens is 2. The van der Waals surface area contributed by atoms with Crippen LogP contribution in [0.5, 0.6) is 0 Å². The van der Waals surface area contributed by atoms with Gasteiger partial charge in [0.25, 0.3) is 5.56 Å². The third kappa shape index (κ3) is 4.58. The normalized spacial score (nSPS) is 10.9. The van der Waals surface area contributed by atoms with Crippen LogP contribution < -0.4 is 10.9 Å². The number of benzene rings is 2. The molecule has 0 aliphatic heterocycles. The minimum absolute atomic E-state index is 0.0105. The molecule has 2 aromatic carbocycles. The number of methoxy groups -OCH3 is 1. The van der Waals surface area contributed by atoms with Crippen molar-refractivity contribution in [1.29, 1.82) is 0 Å². The van der Waals surface area contributed by atoms with E-state index in [0.29, 0.717) is 16.3 Å². The lowest BCUT2D eigenvalue weighted by atomic mass is 10.1. The molecule has 4 aromatic rings. The Bertz CT molecular complexity index is 1460. The first kappa shape index (κ1) is 23.2. The van der Waals surface area contributed by atoms with Gasteiger partial charge in [-0.05, 0) is 18.6 Å². The molecule has 4 rings (SSSR count). The highest BCUT2D eigenvalue weighted by molar-refractivity contribution is 7.17. The zero-order chi connectivity index (χ0) is 24.4. The van der Waals surface area contributed by atoms with Crippen molar-refractivity contribution in [3.05, 3.63) is 81.2 Å². The van der Waals surface area contributed by atoms with E-state index in [1.54, 1.807) is 0 Å². The fourth-order valence-corrected chi connectivity index (χ4v) is 4.32. The number of anilines is 1. The number of nitrogens with one attached hydrogen (secondary N) is 1. The van der Waals surface area contributed by atoms with E-state index in [1.807, 2.05) is 36.6 Å². The van der Waals surface area contributed by atoms with Crippen LogP contribution in [-0.2, 0) is 16.1 Å². The average Bonchev–Trinajstić information content (AvgIpc) is 3.25. The van der Waals surface area contributed by atoms with E-state index < -0.39 is 29.1 Å². The summed E-state index contributed by atoms with van der Waals surface area (Å²) in [5, 5.41) is 4.63. The molecule has 0 bridgehead atoms. The molecule has 1 N–H and O–H groups in total. The Balaban J connectivity index is 1.54. The van der Waals surface area contributed by atoms with Crippen molar-refractivity contribution in [2.24, 2.45) is 0 Å². The van der Waals surface area contributed by atoms with Gasteiger partial charge in [0.1, 0.15) is 16.5 Å². The van der Waals surface area contributed by atoms with Gasteiger partial charge in [0.15, 0.2) is 0 Å². The minimum atomic E-state index is -1.10. The van der Waals surface area contributed by atoms with Gasteiger partial charge in [-0.15, -0.1) is 11.3 Å². The zero-order valence-electron chi connectivity index (χ0n) is 18.2. The molecule has 2 aromatic heterocycles. The fourth-order valence-electron chi connectivity index (χ4n) is 3.42. The third-order valence-corrected chi connectivity index (χ3v) is 6.13. The van der Waals surface area contributed by atoms with Crippen LogP contribution in [0.25, 0.3) is 21.3 Å². The number of halogens is 2. The fraction of sp³-hybridized carbons (Fsp3) is 0.167. The molecule has 0 fully saturated rings. The molecule has 0 aliphatic rings. The van der Waals surface area contributed by atoms with Crippen LogP contribution in [0, 0.1) is 18.6 Å². The van der Waals surface area contributed by atoms with Crippen LogP contribution >= 0.6 is 11.3 Å². The number of carbonyl (C=O) groups is 2. The maximum Gasteiger partial charge on any atom is 0.340 e. The summed E-state index contributed by atoms with van der Waals surface area (Å²) in [6.07, 6.45) is 1.18. The zero-order valence-corrected chi connectivity index (χ0v) is 19.0. The summed E-state index contributed by atoms with van der Waals surface area (Å²) in [6.45, 7) is 1.96. The summed E-state index contributed by atoms with van der Waals surface area (Å²) in [6, 6.07) is 9.14. The molecule has 0 unspecified atom stereocenters. The second-order valence-electron chi connectivity index (χ2n) is 7.54. The van der Waals surface area contributed by atoms with E-state index >= 15 is 0 Å². The molecule has 0 saturated heterocycles. The average molecular weight is 483 g/mol. The van der Waals surface area contributed by atoms with E-state index in [-0.39, 0.29) is 24.2 Å². The molecule has 0 atom stereocenters. The number of hydrogen-bond acceptors (Lipinski definition) is 6. The first-order valence-electron chi connectivity index (χ1n) is 10.2. The number of amides is 1. The monoisotopic (exact) mass is 483 g/mol. The predicted octanol–water partition coefficient (Wildman–Crippen LogP) is 4.53. The number of esters is 1. The van der Waals surface area contributed by atoms with Crippen LogP contribution in [0.15, 0.2) is 52.9 Å². The number of rotatable bonds is 6. The third-order valence-electron chi connectivity index (χ3n) is 5.24. The second kappa shape index (κ2) is 9.52. The number of ether oxygens (including phenoxy) is 1. The Kier molecular flexibility index (Phi) is 6.51. The number of nitrogens with zero attached hydrogens (tertiary/aromatic N) is 2. The molecule has 2 heterocycles. The molecule has 0 saturated carbocycles. The number of carbonyl (C=O) groups excluding carboxylic acids is 2. The van der Waals surface area contributed by atoms with Crippen molar-refractivity contribution < 1.29 is 23.1 Å². The highest BCUT2D eigenvalue weighted by Gasteiger charge is 2.18. The number of hydrogen-bond donors (Lipinski definition) is 1. The van der Waals surface area contributed by atoms with Gasteiger partial charge in [-0.25, -0.2) is 18.6 Å². The molecular weight excluding hydrogens is 464 g/mol. The summed E-state index contributed by atoms with van der Waals surface area (Å²) in [4.78, 5) is 42.0. The van der Waals surface area contributed by atoms with Crippen molar-refractivity contribution >= 4 is 39.1 Å². The van der Waals surface area contributed by atoms with Gasteiger partial charge < -0.3 is 10.1 Å². The maximum atomic E-state index is 14.1. The smallest absolute Gasteiger partial charge is 0.340 e. The quantitative estimate of drug-likeness (QED) is 0.407. The lowest BCUT2D eigenvalue weighted by Crippen LogP contribution is -2.24. The van der Waals surface area contributed by atoms with E-state index in [2.05, 4.69) is 15.0 Å². The minimum Gasteiger partial charge on any atom is -0.465 e. The number of aryl methyl sites for hydroxylation is 2. The first-order chi connectivity index (χ1) is 16.3. The number of fused-ring (bicyclic) bond motifs is 1. The lowest BCUT2D eigenvalue weighted by Gasteiger charge is -2.10. The van der Waals surface area contributed by atoms with Gasteiger partial charge in [-0.3, -0.25) is 14.2 Å². The first-order valence-corrected chi connectivity index (χ1v) is 11.1. The van der Waals surface area contributed by atoms with Gasteiger partial charge in [0.2, 0.25) is 5.91 Å². The van der Waals surface area contributed by atoms with Crippen LogP contribution in [0.2, 0.25) is 0 Å². The largest absolute Gasteiger partial charge is 0.465 e. The Hall–Kier alpha value is -3.92. The Morgan fingerprint density at radius 3 is 2.59 bits per heavy atom. The summed E-state index contributed by atoms with van der Waals surface area (Å²) in [5.41, 5.74) is 1.58. The summed E-state index contributed by atoms with van der Waals surface area (Å²) < 4.78 is 33.6. The highest BCUT2D eigenvalue weighted by Crippen LogP contribution is 2.30. The van der Waals surface area contributed by atoms with E-state index in [4.69, 9.17) is 0 Å². The summed E-state index contributed by atoms with van der Waals surface area (Å²) in [5.74, 6) is -3.77. The molecule has 0 radical (unpaired) electrons. The standard InChI is InChI=1S/C24H19F2N3O4S/c1-13-3-5-14(6-4-13)16-11-34-22-21(16)23(31)29(12-27-22)8-7-20(30)28-19-9-15(24(32)33-2)17(25)10-18(19)26/h3-6,9-12H,7-8H2,1-2H3,(H,28,30). The highest BCUT2D eigenvalue weighted by atomic mass is 32.1. The second-order valence-corrected chi connectivity index (χ2v) is 8.40. The molecule has 34 heavy (non-hydrogen) atoms. The molecular formula is C24H19F2N3O4S. The van der Waals surface area contributed by atoms with E-state index in [1.165, 1.54) is 22.2 Å². The van der Waals surface area contributed by atoms with Gasteiger partial charge in [-0.2, -0.15) is 0 Å². The molecule has 7 nitrogen and oxygen atoms in total. The van der Waals surface area contributed by atoms with Crippen molar-refractivity contribution in [3.63, 3.8) is 0 Å². The molecule has 10 heteroatoms. The number of thiophene rings is 1. The van der Waals surface area contributed by atoms with Gasteiger partial charge in [0, 0.05) is 30.0 Å². The van der Waals surface area contributed by atoms with Crippen LogP contribution in [0.1, 0.15) is 22.3 Å². The molecule has 0 spiro atoms. The van der Waals surface area contributed by atoms with Gasteiger partial charge in [0.05, 0.1) is 30.1 Å². The van der Waals surface area contributed by atoms with Crippen molar-refractivity contribution in [2.75, 3.05) is 12.4 Å². The van der Waals surface area contributed by atoms with E-state index in [0.717, 1.165) is 29.9 Å². The van der Waals surface area contributed by atoms with Crippen molar-refractivity contribution in [1.82, 2.24) is 9.55 Å². The van der Waals surface area contributed by atoms with Gasteiger partial charge >= 0.3 is 5.97 Å². The lowest BCUT2D eigenvalue weighted by molar-refractivity contribution is -0.116. The van der Waals surface area contributed by atoms with E-state index in [9.17, 15) is 23.2 Å². The topological polar surface area (TPSA) is 90.3 Å². The predicted molar refractivity (Wildman–Crippen MR) is 125 cm³/mol. The molecule has 1 amide bonds. The Labute approximate surface area is 196 Å². The van der Waals surface area contributed by atoms with Crippen LogP contribution in [-0.4, -0.2) is 28.5 Å². The molecule has 0 aliphatic carbocycles. The van der Waals surface area contributed by atoms with Crippen molar-refractivity contribution in [3.8, 4) is 11.1 Å². The summed E-state index contributed by atoms with van der Waals surface area (Å²) >= 11 is 1.36. The maximum absolute atomic E-state index is 14.1. The van der Waals surface area contributed by atoms with Crippen LogP contribution in [0.4, 0.5) is 14.5 Å². The van der Waals surface area contributed by atoms with Crippen LogP contribution in [0.3, 0.4) is 0 Å². The SMILES string of the molecule is COC(=O)c1cc(NC(=O)CCn2cnc3scc(-c4ccc(C)cc4)c3c2=O)c(F)cc1F. The van der Waals surface area contributed by atoms with Crippen molar-refractivity contribution in [2.45, 2.75) is 19.9 Å². The Morgan fingerprint density at radius 1 is 1.15 bits per heavy atom. The molecule has 174 valence electrons. The Morgan fingerprint density at radius 2 is 1.88 bits per heavy atom. The van der Waals surface area contributed by atoms with Gasteiger partial charge in [-0.1, -0.05) is 29.8 Å². The summed E-state index contributed by atoms with van der Waals surface area (Å²) in [7, 11) is 1.06.